The molecule has 1 unspecified atom stereocenters. The lowest BCUT2D eigenvalue weighted by molar-refractivity contribution is -0.147. The van der Waals surface area contributed by atoms with Crippen molar-refractivity contribution in [1.82, 2.24) is 4.90 Å². The molecule has 2 atom stereocenters. The standard InChI is InChI=1S/C16H16ClNO3S.H2O4S/c1-21-16(20)15(11-4-2-3-5-12(11)17)18-7-6-13-10(9-18)8-14(19)22-13;1-5(2,3)4/h2-5,8,13,15H,6-7,9H2,1H3;(H2,1,2,3,4)/p-1/t13?,15-;/m0./s1. The van der Waals surface area contributed by atoms with E-state index in [1.54, 1.807) is 12.1 Å². The van der Waals surface area contributed by atoms with Crippen molar-refractivity contribution in [2.24, 2.45) is 0 Å². The van der Waals surface area contributed by atoms with Gasteiger partial charge in [0.25, 0.3) is 0 Å². The molecule has 11 heteroatoms. The second kappa shape index (κ2) is 9.18. The first-order valence-corrected chi connectivity index (χ1v) is 10.4. The van der Waals surface area contributed by atoms with E-state index in [1.807, 2.05) is 23.1 Å². The van der Waals surface area contributed by atoms with Gasteiger partial charge in [0.2, 0.25) is 15.5 Å². The molecule has 8 nitrogen and oxygen atoms in total. The predicted octanol–water partition coefficient (Wildman–Crippen LogP) is 1.83. The average Bonchev–Trinajstić information content (AvgIpc) is 2.94. The van der Waals surface area contributed by atoms with Gasteiger partial charge in [0.05, 0.1) is 7.11 Å². The summed E-state index contributed by atoms with van der Waals surface area (Å²) in [6, 6.07) is 6.77. The first-order chi connectivity index (χ1) is 12.6. The number of piperidine rings is 1. The van der Waals surface area contributed by atoms with Gasteiger partial charge in [-0.25, -0.2) is 13.2 Å². The number of benzene rings is 1. The quantitative estimate of drug-likeness (QED) is 0.431. The summed E-state index contributed by atoms with van der Waals surface area (Å²) in [5.74, 6) is -0.330. The van der Waals surface area contributed by atoms with Crippen molar-refractivity contribution >= 4 is 44.8 Å². The number of halogens is 1. The Morgan fingerprint density at radius 1 is 1.44 bits per heavy atom. The topological polar surface area (TPSA) is 124 Å². The number of esters is 1. The number of thioether (sulfide) groups is 1. The van der Waals surface area contributed by atoms with Gasteiger partial charge in [-0.3, -0.25) is 14.2 Å². The van der Waals surface area contributed by atoms with E-state index in [0.717, 1.165) is 24.1 Å². The van der Waals surface area contributed by atoms with E-state index < -0.39 is 16.4 Å². The van der Waals surface area contributed by atoms with Gasteiger partial charge in [-0.2, -0.15) is 0 Å². The molecule has 1 N–H and O–H groups in total. The fraction of sp³-hybridized carbons (Fsp3) is 0.375. The van der Waals surface area contributed by atoms with Crippen molar-refractivity contribution in [3.05, 3.63) is 46.5 Å². The monoisotopic (exact) mass is 434 g/mol. The number of carbonyl (C=O) groups excluding carboxylic acids is 2. The van der Waals surface area contributed by atoms with E-state index >= 15 is 0 Å². The molecule has 2 aliphatic rings. The van der Waals surface area contributed by atoms with Crippen LogP contribution in [0.3, 0.4) is 0 Å². The van der Waals surface area contributed by atoms with Crippen molar-refractivity contribution in [3.63, 3.8) is 0 Å². The number of likely N-dealkylation sites (tertiary alicyclic amines) is 1. The first-order valence-electron chi connectivity index (χ1n) is 7.76. The van der Waals surface area contributed by atoms with Crippen molar-refractivity contribution in [3.8, 4) is 0 Å². The third-order valence-electron chi connectivity index (χ3n) is 4.03. The summed E-state index contributed by atoms with van der Waals surface area (Å²) in [6.07, 6.45) is 2.54. The molecule has 0 aliphatic carbocycles. The fourth-order valence-electron chi connectivity index (χ4n) is 2.98. The normalized spacial score (nSPS) is 20.8. The van der Waals surface area contributed by atoms with Gasteiger partial charge in [0.1, 0.15) is 6.04 Å². The summed E-state index contributed by atoms with van der Waals surface area (Å²) >= 11 is 7.64. The molecular weight excluding hydrogens is 418 g/mol. The Morgan fingerprint density at radius 2 is 2.07 bits per heavy atom. The molecule has 2 aliphatic heterocycles. The number of hydrogen-bond acceptors (Lipinski definition) is 8. The number of nitrogens with zero attached hydrogens (tertiary/aromatic N) is 1. The fourth-order valence-corrected chi connectivity index (χ4v) is 4.24. The first kappa shape index (κ1) is 21.9. The number of rotatable bonds is 3. The molecule has 148 valence electrons. The molecule has 1 saturated heterocycles. The van der Waals surface area contributed by atoms with E-state index in [-0.39, 0.29) is 16.3 Å². The van der Waals surface area contributed by atoms with Crippen molar-refractivity contribution < 1.29 is 31.8 Å². The molecule has 1 aromatic rings. The van der Waals surface area contributed by atoms with E-state index in [2.05, 4.69) is 0 Å². The largest absolute Gasteiger partial charge is 0.726 e. The molecule has 0 bridgehead atoms. The summed E-state index contributed by atoms with van der Waals surface area (Å²) in [6.45, 7) is 1.32. The number of fused-ring (bicyclic) bond motifs is 1. The lowest BCUT2D eigenvalue weighted by Crippen LogP contribution is -2.42. The number of methoxy groups -OCH3 is 1. The molecule has 0 spiro atoms. The molecule has 3 rings (SSSR count). The summed E-state index contributed by atoms with van der Waals surface area (Å²) in [7, 11) is -3.53. The van der Waals surface area contributed by atoms with Crippen LogP contribution in [0.25, 0.3) is 0 Å². The SMILES string of the molecule is COC(=O)[C@H](c1ccccc1Cl)N1CCC2SC(=O)C=C2C1.O=S(=O)([O-])O. The van der Waals surface area contributed by atoms with Crippen LogP contribution in [-0.2, 0) is 24.7 Å². The molecular formula is C16H17ClNO7S2-. The van der Waals surface area contributed by atoms with Crippen molar-refractivity contribution in [2.75, 3.05) is 20.2 Å². The number of hydrogen-bond donors (Lipinski definition) is 1. The molecule has 0 saturated carbocycles. The lowest BCUT2D eigenvalue weighted by Gasteiger charge is -2.36. The van der Waals surface area contributed by atoms with Crippen LogP contribution in [0.5, 0.6) is 0 Å². The molecule has 1 fully saturated rings. The van der Waals surface area contributed by atoms with E-state index in [4.69, 9.17) is 33.9 Å². The van der Waals surface area contributed by atoms with E-state index in [1.165, 1.54) is 18.9 Å². The van der Waals surface area contributed by atoms with Crippen LogP contribution in [0, 0.1) is 0 Å². The van der Waals surface area contributed by atoms with Crippen LogP contribution in [0.15, 0.2) is 35.9 Å². The minimum Gasteiger partial charge on any atom is -0.726 e. The van der Waals surface area contributed by atoms with Crippen LogP contribution in [-0.4, -0.2) is 59.0 Å². The maximum absolute atomic E-state index is 12.3. The minimum atomic E-state index is -4.92. The van der Waals surface area contributed by atoms with Gasteiger partial charge in [0.15, 0.2) is 0 Å². The minimum absolute atomic E-state index is 0.106. The Balaban J connectivity index is 0.000000465. The summed E-state index contributed by atoms with van der Waals surface area (Å²) in [5.41, 5.74) is 1.83. The highest BCUT2D eigenvalue weighted by molar-refractivity contribution is 8.15. The highest BCUT2D eigenvalue weighted by atomic mass is 35.5. The Hall–Kier alpha value is -1.43. The zero-order valence-electron chi connectivity index (χ0n) is 14.2. The number of ether oxygens (including phenoxy) is 1. The van der Waals surface area contributed by atoms with Crippen LogP contribution < -0.4 is 0 Å². The summed E-state index contributed by atoms with van der Waals surface area (Å²) in [4.78, 5) is 25.9. The smallest absolute Gasteiger partial charge is 0.327 e. The third kappa shape index (κ3) is 6.30. The van der Waals surface area contributed by atoms with Gasteiger partial charge < -0.3 is 9.29 Å². The highest BCUT2D eigenvalue weighted by Gasteiger charge is 2.37. The van der Waals surface area contributed by atoms with Gasteiger partial charge in [-0.05, 0) is 29.7 Å². The third-order valence-corrected chi connectivity index (χ3v) is 5.55. The lowest BCUT2D eigenvalue weighted by atomic mass is 9.98. The maximum atomic E-state index is 12.3. The molecule has 0 aromatic heterocycles. The molecule has 2 heterocycles. The van der Waals surface area contributed by atoms with E-state index in [0.29, 0.717) is 11.6 Å². The van der Waals surface area contributed by atoms with E-state index in [9.17, 15) is 9.59 Å². The molecule has 27 heavy (non-hydrogen) atoms. The molecule has 0 amide bonds. The van der Waals surface area contributed by atoms with Crippen LogP contribution in [0.2, 0.25) is 5.02 Å². The van der Waals surface area contributed by atoms with Crippen molar-refractivity contribution in [1.29, 1.82) is 0 Å². The second-order valence-corrected chi connectivity index (χ2v) is 8.25. The van der Waals surface area contributed by atoms with Gasteiger partial charge in [0, 0.05) is 23.4 Å². The second-order valence-electron chi connectivity index (χ2n) is 5.78. The Labute approximate surface area is 166 Å². The Bertz CT molecular complexity index is 848. The van der Waals surface area contributed by atoms with Gasteiger partial charge in [-0.15, -0.1) is 0 Å². The average molecular weight is 435 g/mol. The summed E-state index contributed by atoms with van der Waals surface area (Å²) in [5, 5.41) is 0.911. The molecule has 0 radical (unpaired) electrons. The van der Waals surface area contributed by atoms with Gasteiger partial charge in [-0.1, -0.05) is 41.6 Å². The van der Waals surface area contributed by atoms with Crippen molar-refractivity contribution in [2.45, 2.75) is 17.7 Å². The van der Waals surface area contributed by atoms with Crippen LogP contribution in [0.4, 0.5) is 0 Å². The Kier molecular flexibility index (Phi) is 7.43. The van der Waals surface area contributed by atoms with Gasteiger partial charge >= 0.3 is 5.97 Å². The summed E-state index contributed by atoms with van der Waals surface area (Å²) < 4.78 is 37.8. The zero-order chi connectivity index (χ0) is 20.2. The number of carbonyl (C=O) groups is 2. The predicted molar refractivity (Wildman–Crippen MR) is 99.2 cm³/mol. The van der Waals surface area contributed by atoms with Crippen LogP contribution in [0.1, 0.15) is 18.0 Å². The zero-order valence-corrected chi connectivity index (χ0v) is 16.6. The highest BCUT2D eigenvalue weighted by Crippen LogP contribution is 2.38. The van der Waals surface area contributed by atoms with Crippen LogP contribution >= 0.6 is 23.4 Å². The molecule has 1 aromatic carbocycles. The maximum Gasteiger partial charge on any atom is 0.327 e. The Morgan fingerprint density at radius 3 is 2.67 bits per heavy atom.